The van der Waals surface area contributed by atoms with Gasteiger partial charge in [0.1, 0.15) is 17.6 Å². The van der Waals surface area contributed by atoms with Crippen molar-refractivity contribution in [1.29, 1.82) is 0 Å². The molecule has 1 aliphatic rings. The van der Waals surface area contributed by atoms with Crippen molar-refractivity contribution in [2.45, 2.75) is 39.5 Å². The second-order valence-corrected chi connectivity index (χ2v) is 5.68. The highest BCUT2D eigenvalue weighted by Gasteiger charge is 2.21. The summed E-state index contributed by atoms with van der Waals surface area (Å²) in [6, 6.07) is 6.26. The highest BCUT2D eigenvalue weighted by molar-refractivity contribution is 5.85. The summed E-state index contributed by atoms with van der Waals surface area (Å²) in [5, 5.41) is 7.63. The first-order chi connectivity index (χ1) is 10.7. The van der Waals surface area contributed by atoms with Crippen LogP contribution < -0.4 is 14.8 Å². The smallest absolute Gasteiger partial charge is 0.124 e. The van der Waals surface area contributed by atoms with Crippen LogP contribution >= 0.6 is 12.4 Å². The van der Waals surface area contributed by atoms with Crippen LogP contribution in [0.25, 0.3) is 0 Å². The summed E-state index contributed by atoms with van der Waals surface area (Å²) in [4.78, 5) is 0. The molecule has 0 saturated heterocycles. The fourth-order valence-electron chi connectivity index (χ4n) is 2.81. The summed E-state index contributed by atoms with van der Waals surface area (Å²) in [7, 11) is 1.95. The number of nitrogens with one attached hydrogen (secondary N) is 1. The molecule has 0 fully saturated rings. The lowest BCUT2D eigenvalue weighted by Crippen LogP contribution is -2.16. The number of hydrogen-bond donors (Lipinski definition) is 1. The molecule has 126 valence electrons. The Bertz CT molecular complexity index is 657. The zero-order valence-corrected chi connectivity index (χ0v) is 14.7. The van der Waals surface area contributed by atoms with Crippen LogP contribution in [0.4, 0.5) is 0 Å². The van der Waals surface area contributed by atoms with E-state index >= 15 is 0 Å². The Labute approximate surface area is 143 Å². The number of fused-ring (bicyclic) bond motifs is 1. The van der Waals surface area contributed by atoms with Gasteiger partial charge in [0, 0.05) is 43.9 Å². The molecule has 2 aromatic rings. The summed E-state index contributed by atoms with van der Waals surface area (Å²) in [6.07, 6.45) is 3.02. The van der Waals surface area contributed by atoms with Crippen molar-refractivity contribution in [3.63, 3.8) is 0 Å². The SMILES string of the molecule is CCOc1cc2c(cc1CNCc1ccnn1C)OC(C)C2.Cl. The van der Waals surface area contributed by atoms with E-state index in [0.717, 1.165) is 42.3 Å². The van der Waals surface area contributed by atoms with E-state index in [1.165, 1.54) is 5.56 Å². The van der Waals surface area contributed by atoms with Gasteiger partial charge in [-0.2, -0.15) is 5.10 Å². The Morgan fingerprint density at radius 3 is 2.91 bits per heavy atom. The van der Waals surface area contributed by atoms with Crippen molar-refractivity contribution in [1.82, 2.24) is 15.1 Å². The van der Waals surface area contributed by atoms with Gasteiger partial charge < -0.3 is 14.8 Å². The van der Waals surface area contributed by atoms with E-state index in [1.54, 1.807) is 0 Å². The van der Waals surface area contributed by atoms with Crippen molar-refractivity contribution in [3.05, 3.63) is 41.2 Å². The number of rotatable bonds is 6. The summed E-state index contributed by atoms with van der Waals surface area (Å²) in [6.45, 7) is 6.30. The van der Waals surface area contributed by atoms with Gasteiger partial charge in [-0.1, -0.05) is 0 Å². The fraction of sp³-hybridized carbons (Fsp3) is 0.471. The molecule has 0 aliphatic carbocycles. The van der Waals surface area contributed by atoms with Gasteiger partial charge >= 0.3 is 0 Å². The third kappa shape index (κ3) is 3.98. The van der Waals surface area contributed by atoms with Gasteiger partial charge in [0.25, 0.3) is 0 Å². The van der Waals surface area contributed by atoms with E-state index in [-0.39, 0.29) is 18.5 Å². The topological polar surface area (TPSA) is 48.3 Å². The van der Waals surface area contributed by atoms with Gasteiger partial charge in [0.15, 0.2) is 0 Å². The maximum Gasteiger partial charge on any atom is 0.124 e. The Balaban J connectivity index is 0.00000192. The molecule has 23 heavy (non-hydrogen) atoms. The summed E-state index contributed by atoms with van der Waals surface area (Å²) < 4.78 is 13.5. The largest absolute Gasteiger partial charge is 0.494 e. The van der Waals surface area contributed by atoms with Crippen LogP contribution in [-0.2, 0) is 26.6 Å². The minimum absolute atomic E-state index is 0. The van der Waals surface area contributed by atoms with Crippen molar-refractivity contribution < 1.29 is 9.47 Å². The van der Waals surface area contributed by atoms with Crippen LogP contribution in [0.1, 0.15) is 30.7 Å². The van der Waals surface area contributed by atoms with Crippen molar-refractivity contribution >= 4 is 12.4 Å². The second-order valence-electron chi connectivity index (χ2n) is 5.68. The molecule has 1 aliphatic heterocycles. The molecule has 1 unspecified atom stereocenters. The number of benzene rings is 1. The molecule has 1 atom stereocenters. The average molecular weight is 338 g/mol. The van der Waals surface area contributed by atoms with Crippen LogP contribution in [0.5, 0.6) is 11.5 Å². The number of hydrogen-bond acceptors (Lipinski definition) is 4. The maximum atomic E-state index is 5.85. The Morgan fingerprint density at radius 1 is 1.39 bits per heavy atom. The van der Waals surface area contributed by atoms with Gasteiger partial charge in [0.05, 0.1) is 12.3 Å². The van der Waals surface area contributed by atoms with E-state index in [1.807, 2.05) is 30.9 Å². The highest BCUT2D eigenvalue weighted by atomic mass is 35.5. The van der Waals surface area contributed by atoms with Gasteiger partial charge in [-0.3, -0.25) is 4.68 Å². The Hall–Kier alpha value is -1.72. The fourth-order valence-corrected chi connectivity index (χ4v) is 2.81. The number of aromatic nitrogens is 2. The highest BCUT2D eigenvalue weighted by Crippen LogP contribution is 2.35. The maximum absolute atomic E-state index is 5.85. The standard InChI is InChI=1S/C17H23N3O2.ClH/c1-4-21-16-8-13-7-12(2)22-17(13)9-14(16)10-18-11-15-5-6-19-20(15)3;/h5-6,8-9,12,18H,4,7,10-11H2,1-3H3;1H. The van der Waals surface area contributed by atoms with E-state index < -0.39 is 0 Å². The van der Waals surface area contributed by atoms with Crippen LogP contribution in [0.3, 0.4) is 0 Å². The third-order valence-corrected chi connectivity index (χ3v) is 3.92. The lowest BCUT2D eigenvalue weighted by molar-refractivity contribution is 0.254. The predicted octanol–water partition coefficient (Wildman–Crippen LogP) is 2.85. The molecule has 5 nitrogen and oxygen atoms in total. The molecule has 1 aromatic carbocycles. The average Bonchev–Trinajstić information content (AvgIpc) is 3.04. The molecule has 6 heteroatoms. The zero-order valence-electron chi connectivity index (χ0n) is 13.8. The van der Waals surface area contributed by atoms with Gasteiger partial charge in [0.2, 0.25) is 0 Å². The monoisotopic (exact) mass is 337 g/mol. The zero-order chi connectivity index (χ0) is 15.5. The van der Waals surface area contributed by atoms with Gasteiger partial charge in [-0.25, -0.2) is 0 Å². The second kappa shape index (κ2) is 7.70. The van der Waals surface area contributed by atoms with Gasteiger partial charge in [-0.05, 0) is 32.0 Å². The van der Waals surface area contributed by atoms with Gasteiger partial charge in [-0.15, -0.1) is 12.4 Å². The van der Waals surface area contributed by atoms with E-state index in [0.29, 0.717) is 6.61 Å². The molecule has 1 N–H and O–H groups in total. The first kappa shape index (κ1) is 17.6. The minimum Gasteiger partial charge on any atom is -0.494 e. The lowest BCUT2D eigenvalue weighted by atomic mass is 10.1. The molecule has 0 amide bonds. The molecular weight excluding hydrogens is 314 g/mol. The molecule has 0 saturated carbocycles. The molecule has 0 bridgehead atoms. The number of ether oxygens (including phenoxy) is 2. The summed E-state index contributed by atoms with van der Waals surface area (Å²) in [5.74, 6) is 1.95. The number of aryl methyl sites for hydroxylation is 1. The first-order valence-corrected chi connectivity index (χ1v) is 7.80. The molecule has 0 radical (unpaired) electrons. The van der Waals surface area contributed by atoms with E-state index in [9.17, 15) is 0 Å². The minimum atomic E-state index is 0. The van der Waals surface area contributed by atoms with Crippen LogP contribution in [0.15, 0.2) is 24.4 Å². The van der Waals surface area contributed by atoms with Crippen molar-refractivity contribution in [2.24, 2.45) is 7.05 Å². The third-order valence-electron chi connectivity index (χ3n) is 3.92. The quantitative estimate of drug-likeness (QED) is 0.880. The molecule has 3 rings (SSSR count). The molecule has 2 heterocycles. The van der Waals surface area contributed by atoms with Crippen LogP contribution in [-0.4, -0.2) is 22.5 Å². The molecular formula is C17H24ClN3O2. The predicted molar refractivity (Wildman–Crippen MR) is 92.4 cm³/mol. The van der Waals surface area contributed by atoms with E-state index in [4.69, 9.17) is 9.47 Å². The van der Waals surface area contributed by atoms with Crippen molar-refractivity contribution in [2.75, 3.05) is 6.61 Å². The molecule has 1 aromatic heterocycles. The van der Waals surface area contributed by atoms with Crippen molar-refractivity contribution in [3.8, 4) is 11.5 Å². The van der Waals surface area contributed by atoms with Crippen LogP contribution in [0, 0.1) is 0 Å². The van der Waals surface area contributed by atoms with Crippen LogP contribution in [0.2, 0.25) is 0 Å². The number of nitrogens with zero attached hydrogens (tertiary/aromatic N) is 2. The number of halogens is 1. The lowest BCUT2D eigenvalue weighted by Gasteiger charge is -2.13. The Kier molecular flexibility index (Phi) is 5.91. The van der Waals surface area contributed by atoms with E-state index in [2.05, 4.69) is 29.5 Å². The first-order valence-electron chi connectivity index (χ1n) is 7.80. The Morgan fingerprint density at radius 2 is 2.22 bits per heavy atom. The summed E-state index contributed by atoms with van der Waals surface area (Å²) in [5.41, 5.74) is 3.53. The normalized spacial score (nSPS) is 15.7. The summed E-state index contributed by atoms with van der Waals surface area (Å²) >= 11 is 0. The molecule has 0 spiro atoms.